The molecule has 1 unspecified atom stereocenters. The molecule has 18 heavy (non-hydrogen) atoms. The Balaban J connectivity index is 2.58. The Labute approximate surface area is 111 Å². The van der Waals surface area contributed by atoms with Gasteiger partial charge in [0, 0.05) is 0 Å². The van der Waals surface area contributed by atoms with Crippen LogP contribution < -0.4 is 5.32 Å². The highest BCUT2D eigenvalue weighted by molar-refractivity contribution is 5.28. The van der Waals surface area contributed by atoms with Crippen molar-refractivity contribution in [3.8, 4) is 0 Å². The average Bonchev–Trinajstić information content (AvgIpc) is 2.53. The second-order valence-electron chi connectivity index (χ2n) is 7.61. The SMILES string of the molecule is CC1NC2=C(O1)C(C(C)(C)C)(C(C)(C)C)COC2. The van der Waals surface area contributed by atoms with E-state index in [0.717, 1.165) is 18.1 Å². The van der Waals surface area contributed by atoms with Crippen LogP contribution in [0.15, 0.2) is 11.5 Å². The normalized spacial score (nSPS) is 27.6. The zero-order chi connectivity index (χ0) is 13.8. The Bertz CT molecular complexity index is 357. The fourth-order valence-corrected chi connectivity index (χ4v) is 3.66. The van der Waals surface area contributed by atoms with Gasteiger partial charge in [0.2, 0.25) is 0 Å². The van der Waals surface area contributed by atoms with Crippen molar-refractivity contribution in [3.63, 3.8) is 0 Å². The lowest BCUT2D eigenvalue weighted by molar-refractivity contribution is -0.113. The maximum atomic E-state index is 6.12. The van der Waals surface area contributed by atoms with Crippen molar-refractivity contribution in [2.75, 3.05) is 13.2 Å². The fraction of sp³-hybridized carbons (Fsp3) is 0.867. The highest BCUT2D eigenvalue weighted by Gasteiger charge is 2.58. The maximum absolute atomic E-state index is 6.12. The Hall–Kier alpha value is -0.700. The van der Waals surface area contributed by atoms with E-state index in [0.29, 0.717) is 6.61 Å². The molecule has 0 amide bonds. The largest absolute Gasteiger partial charge is 0.473 e. The molecule has 0 aliphatic carbocycles. The van der Waals surface area contributed by atoms with Crippen LogP contribution in [0.2, 0.25) is 0 Å². The molecule has 2 aliphatic rings. The predicted molar refractivity (Wildman–Crippen MR) is 72.9 cm³/mol. The summed E-state index contributed by atoms with van der Waals surface area (Å²) in [6, 6.07) is 0. The van der Waals surface area contributed by atoms with Crippen LogP contribution in [0, 0.1) is 16.2 Å². The molecule has 0 aromatic carbocycles. The summed E-state index contributed by atoms with van der Waals surface area (Å²) in [6.45, 7) is 17.1. The third-order valence-corrected chi connectivity index (χ3v) is 4.46. The molecule has 0 aromatic rings. The van der Waals surface area contributed by atoms with Gasteiger partial charge in [0.1, 0.15) is 5.76 Å². The van der Waals surface area contributed by atoms with Crippen molar-refractivity contribution in [3.05, 3.63) is 11.5 Å². The van der Waals surface area contributed by atoms with Gasteiger partial charge in [-0.3, -0.25) is 0 Å². The zero-order valence-electron chi connectivity index (χ0n) is 12.8. The predicted octanol–water partition coefficient (Wildman–Crippen LogP) is 3.27. The van der Waals surface area contributed by atoms with Gasteiger partial charge >= 0.3 is 0 Å². The summed E-state index contributed by atoms with van der Waals surface area (Å²) in [5.41, 5.74) is 1.21. The molecule has 3 heteroatoms. The van der Waals surface area contributed by atoms with Crippen LogP contribution in [-0.2, 0) is 9.47 Å². The molecule has 0 saturated carbocycles. The van der Waals surface area contributed by atoms with Gasteiger partial charge in [-0.25, -0.2) is 0 Å². The van der Waals surface area contributed by atoms with Crippen molar-refractivity contribution < 1.29 is 9.47 Å². The van der Waals surface area contributed by atoms with E-state index >= 15 is 0 Å². The van der Waals surface area contributed by atoms with Crippen LogP contribution in [0.5, 0.6) is 0 Å². The summed E-state index contributed by atoms with van der Waals surface area (Å²) in [6.07, 6.45) is 0.0563. The highest BCUT2D eigenvalue weighted by atomic mass is 16.5. The van der Waals surface area contributed by atoms with E-state index in [2.05, 4.69) is 53.8 Å². The number of hydrogen-bond acceptors (Lipinski definition) is 3. The summed E-state index contributed by atoms with van der Waals surface area (Å²) in [4.78, 5) is 0. The number of hydrogen-bond donors (Lipinski definition) is 1. The lowest BCUT2D eigenvalue weighted by Crippen LogP contribution is -2.53. The van der Waals surface area contributed by atoms with Gasteiger partial charge < -0.3 is 14.8 Å². The van der Waals surface area contributed by atoms with Crippen molar-refractivity contribution >= 4 is 0 Å². The van der Waals surface area contributed by atoms with E-state index < -0.39 is 0 Å². The van der Waals surface area contributed by atoms with Crippen LogP contribution in [-0.4, -0.2) is 19.4 Å². The first-order valence-corrected chi connectivity index (χ1v) is 6.84. The van der Waals surface area contributed by atoms with Gasteiger partial charge in [-0.05, 0) is 17.8 Å². The standard InChI is InChI=1S/C15H27NO2/c1-10-16-11-8-17-9-15(12(11)18-10,13(2,3)4)14(5,6)7/h10,16H,8-9H2,1-7H3. The number of rotatable bonds is 0. The third-order valence-electron chi connectivity index (χ3n) is 4.46. The first-order valence-electron chi connectivity index (χ1n) is 6.84. The first kappa shape index (κ1) is 13.7. The maximum Gasteiger partial charge on any atom is 0.166 e. The summed E-state index contributed by atoms with van der Waals surface area (Å²) in [5.74, 6) is 1.13. The van der Waals surface area contributed by atoms with Crippen LogP contribution >= 0.6 is 0 Å². The Morgan fingerprint density at radius 2 is 1.67 bits per heavy atom. The van der Waals surface area contributed by atoms with Gasteiger partial charge in [-0.1, -0.05) is 41.5 Å². The van der Waals surface area contributed by atoms with E-state index in [1.54, 1.807) is 0 Å². The Morgan fingerprint density at radius 1 is 1.11 bits per heavy atom. The minimum Gasteiger partial charge on any atom is -0.473 e. The first-order chi connectivity index (χ1) is 8.09. The molecule has 0 fully saturated rings. The molecule has 0 saturated heterocycles. The molecule has 104 valence electrons. The van der Waals surface area contributed by atoms with Gasteiger partial charge in [0.25, 0.3) is 0 Å². The summed E-state index contributed by atoms with van der Waals surface area (Å²) < 4.78 is 12.0. The van der Waals surface area contributed by atoms with Crippen LogP contribution in [0.25, 0.3) is 0 Å². The lowest BCUT2D eigenvalue weighted by Gasteiger charge is -2.54. The molecule has 0 aromatic heterocycles. The van der Waals surface area contributed by atoms with Gasteiger partial charge in [0.15, 0.2) is 6.23 Å². The van der Waals surface area contributed by atoms with E-state index in [9.17, 15) is 0 Å². The monoisotopic (exact) mass is 253 g/mol. The molecule has 0 bridgehead atoms. The molecular weight excluding hydrogens is 226 g/mol. The molecule has 2 aliphatic heterocycles. The average molecular weight is 253 g/mol. The van der Waals surface area contributed by atoms with E-state index in [1.807, 2.05) is 0 Å². The minimum atomic E-state index is -0.0919. The quantitative estimate of drug-likeness (QED) is 0.718. The summed E-state index contributed by atoms with van der Waals surface area (Å²) in [5, 5.41) is 3.39. The second kappa shape index (κ2) is 3.89. The van der Waals surface area contributed by atoms with Crippen molar-refractivity contribution in [2.24, 2.45) is 16.2 Å². The van der Waals surface area contributed by atoms with Crippen LogP contribution in [0.1, 0.15) is 48.5 Å². The summed E-state index contributed by atoms with van der Waals surface area (Å²) in [7, 11) is 0. The number of ether oxygens (including phenoxy) is 2. The zero-order valence-corrected chi connectivity index (χ0v) is 12.8. The van der Waals surface area contributed by atoms with E-state index in [-0.39, 0.29) is 22.5 Å². The number of nitrogens with one attached hydrogen (secondary N) is 1. The summed E-state index contributed by atoms with van der Waals surface area (Å²) >= 11 is 0. The van der Waals surface area contributed by atoms with Gasteiger partial charge in [-0.2, -0.15) is 0 Å². The van der Waals surface area contributed by atoms with Crippen molar-refractivity contribution in [2.45, 2.75) is 54.7 Å². The molecule has 1 atom stereocenters. The van der Waals surface area contributed by atoms with Crippen molar-refractivity contribution in [1.82, 2.24) is 5.32 Å². The Kier molecular flexibility index (Phi) is 2.97. The Morgan fingerprint density at radius 3 is 2.17 bits per heavy atom. The molecular formula is C15H27NO2. The highest BCUT2D eigenvalue weighted by Crippen LogP contribution is 2.59. The molecule has 3 nitrogen and oxygen atoms in total. The lowest BCUT2D eigenvalue weighted by atomic mass is 9.52. The molecule has 1 N–H and O–H groups in total. The smallest absolute Gasteiger partial charge is 0.166 e. The molecule has 2 rings (SSSR count). The minimum absolute atomic E-state index is 0.0563. The topological polar surface area (TPSA) is 30.5 Å². The fourth-order valence-electron chi connectivity index (χ4n) is 3.66. The van der Waals surface area contributed by atoms with Crippen LogP contribution in [0.4, 0.5) is 0 Å². The third kappa shape index (κ3) is 1.75. The van der Waals surface area contributed by atoms with Gasteiger partial charge in [0.05, 0.1) is 24.3 Å². The second-order valence-corrected chi connectivity index (χ2v) is 7.61. The molecule has 2 heterocycles. The van der Waals surface area contributed by atoms with E-state index in [4.69, 9.17) is 9.47 Å². The molecule has 0 spiro atoms. The van der Waals surface area contributed by atoms with Gasteiger partial charge in [-0.15, -0.1) is 0 Å². The van der Waals surface area contributed by atoms with Crippen molar-refractivity contribution in [1.29, 1.82) is 0 Å². The van der Waals surface area contributed by atoms with E-state index in [1.165, 1.54) is 0 Å². The molecule has 0 radical (unpaired) electrons. The van der Waals surface area contributed by atoms with Crippen LogP contribution in [0.3, 0.4) is 0 Å².